The normalized spacial score (nSPS) is 8.56. The molecule has 0 saturated carbocycles. The average molecular weight is 258 g/mol. The van der Waals surface area contributed by atoms with Crippen molar-refractivity contribution in [1.29, 1.82) is 0 Å². The lowest BCUT2D eigenvalue weighted by molar-refractivity contribution is -0.135. The first-order valence-corrected chi connectivity index (χ1v) is 4.99. The van der Waals surface area contributed by atoms with E-state index < -0.39 is 18.2 Å². The summed E-state index contributed by atoms with van der Waals surface area (Å²) in [7, 11) is 0. The second-order valence-corrected chi connectivity index (χ2v) is 3.27. The van der Waals surface area contributed by atoms with Crippen LogP contribution in [0.3, 0.4) is 0 Å². The summed E-state index contributed by atoms with van der Waals surface area (Å²) in [6, 6.07) is 7.18. The van der Waals surface area contributed by atoms with Crippen LogP contribution in [0.1, 0.15) is 31.3 Å². The number of hydrogen-bond acceptors (Lipinski definition) is 4. The van der Waals surface area contributed by atoms with Crippen LogP contribution in [-0.4, -0.2) is 32.4 Å². The van der Waals surface area contributed by atoms with Crippen molar-refractivity contribution in [2.45, 2.75) is 27.1 Å². The van der Waals surface area contributed by atoms with Crippen molar-refractivity contribution >= 4 is 11.9 Å². The number of aliphatic carboxylic acids is 2. The third kappa shape index (κ3) is 14.1. The minimum Gasteiger partial charge on any atom is -0.481 e. The van der Waals surface area contributed by atoms with Crippen molar-refractivity contribution in [2.24, 2.45) is 0 Å². The van der Waals surface area contributed by atoms with Gasteiger partial charge in [0.05, 0.1) is 0 Å². The van der Waals surface area contributed by atoms with Crippen LogP contribution in [0.4, 0.5) is 0 Å². The molecular formula is C12H18O6. The molecule has 102 valence electrons. The van der Waals surface area contributed by atoms with Crippen molar-refractivity contribution in [3.63, 3.8) is 0 Å². The van der Waals surface area contributed by atoms with Gasteiger partial charge >= 0.3 is 0 Å². The molecule has 0 radical (unpaired) electrons. The molecule has 1 aromatic carbocycles. The molecule has 0 aromatic heterocycles. The molecule has 0 bridgehead atoms. The van der Waals surface area contributed by atoms with Gasteiger partial charge in [-0.1, -0.05) is 24.3 Å². The van der Waals surface area contributed by atoms with Gasteiger partial charge in [0.1, 0.15) is 0 Å². The van der Waals surface area contributed by atoms with E-state index in [-0.39, 0.29) is 0 Å². The van der Waals surface area contributed by atoms with Gasteiger partial charge in [0.2, 0.25) is 0 Å². The summed E-state index contributed by atoms with van der Waals surface area (Å²) in [6.45, 7) is 4.01. The molecule has 0 fully saturated rings. The molecule has 0 amide bonds. The van der Waals surface area contributed by atoms with Gasteiger partial charge in [-0.15, -0.1) is 0 Å². The van der Waals surface area contributed by atoms with E-state index >= 15 is 0 Å². The maximum atomic E-state index is 9.00. The molecular weight excluding hydrogens is 240 g/mol. The van der Waals surface area contributed by atoms with Gasteiger partial charge in [0.25, 0.3) is 11.9 Å². The Hall–Kier alpha value is -1.92. The second-order valence-electron chi connectivity index (χ2n) is 3.27. The van der Waals surface area contributed by atoms with Crippen molar-refractivity contribution in [1.82, 2.24) is 0 Å². The fourth-order valence-corrected chi connectivity index (χ4v) is 0.876. The Morgan fingerprint density at radius 2 is 1.33 bits per heavy atom. The van der Waals surface area contributed by atoms with Crippen LogP contribution < -0.4 is 0 Å². The van der Waals surface area contributed by atoms with Crippen LogP contribution in [0, 0.1) is 6.92 Å². The summed E-state index contributed by atoms with van der Waals surface area (Å²) in [5.41, 5.74) is 1.47. The van der Waals surface area contributed by atoms with Gasteiger partial charge in [-0.05, 0) is 12.5 Å². The minimum atomic E-state index is -1.35. The third-order valence-electron chi connectivity index (χ3n) is 1.47. The highest BCUT2D eigenvalue weighted by Crippen LogP contribution is 2.13. The maximum Gasteiger partial charge on any atom is 0.300 e. The number of carboxylic acids is 2. The summed E-state index contributed by atoms with van der Waals surface area (Å²) >= 11 is 0. The van der Waals surface area contributed by atoms with Gasteiger partial charge in [0.15, 0.2) is 6.29 Å². The number of benzene rings is 1. The van der Waals surface area contributed by atoms with E-state index in [0.717, 1.165) is 19.4 Å². The number of aryl methyl sites for hydroxylation is 1. The highest BCUT2D eigenvalue weighted by molar-refractivity contribution is 5.63. The molecule has 0 saturated heterocycles. The number of carbonyl (C=O) groups is 2. The molecule has 0 aliphatic carbocycles. The second kappa shape index (κ2) is 10.2. The fraction of sp³-hybridized carbons (Fsp3) is 0.333. The zero-order valence-corrected chi connectivity index (χ0v) is 10.5. The lowest BCUT2D eigenvalue weighted by Crippen LogP contribution is -1.96. The Bertz CT molecular complexity index is 353. The lowest BCUT2D eigenvalue weighted by atomic mass is 10.1. The molecule has 18 heavy (non-hydrogen) atoms. The molecule has 1 aromatic rings. The number of carboxylic acid groups (broad SMARTS) is 2. The van der Waals surface area contributed by atoms with Crippen molar-refractivity contribution in [2.75, 3.05) is 0 Å². The Balaban J connectivity index is 0. The summed E-state index contributed by atoms with van der Waals surface area (Å²) in [6.07, 6.45) is -1.35. The molecule has 0 atom stereocenters. The highest BCUT2D eigenvalue weighted by atomic mass is 16.5. The first kappa shape index (κ1) is 18.4. The van der Waals surface area contributed by atoms with E-state index in [2.05, 4.69) is 0 Å². The SMILES string of the molecule is CC(=O)O.CC(=O)O.Cc1ccccc1C(O)O. The minimum absolute atomic E-state index is 0.572. The van der Waals surface area contributed by atoms with Crippen LogP contribution in [0.15, 0.2) is 24.3 Å². The van der Waals surface area contributed by atoms with E-state index in [9.17, 15) is 0 Å². The van der Waals surface area contributed by atoms with Gasteiger partial charge in [-0.3, -0.25) is 9.59 Å². The predicted molar refractivity (Wildman–Crippen MR) is 65.0 cm³/mol. The van der Waals surface area contributed by atoms with Crippen LogP contribution in [0.25, 0.3) is 0 Å². The predicted octanol–water partition coefficient (Wildman–Crippen LogP) is 1.16. The van der Waals surface area contributed by atoms with Crippen molar-refractivity contribution < 1.29 is 30.0 Å². The molecule has 6 nitrogen and oxygen atoms in total. The maximum absolute atomic E-state index is 9.00. The summed E-state index contributed by atoms with van der Waals surface area (Å²) in [5, 5.41) is 32.4. The fourth-order valence-electron chi connectivity index (χ4n) is 0.876. The van der Waals surface area contributed by atoms with Gasteiger partial charge in [-0.25, -0.2) is 0 Å². The molecule has 1 rings (SSSR count). The summed E-state index contributed by atoms with van der Waals surface area (Å²) in [5.74, 6) is -1.67. The first-order valence-electron chi connectivity index (χ1n) is 4.99. The van der Waals surface area contributed by atoms with Crippen LogP contribution >= 0.6 is 0 Å². The topological polar surface area (TPSA) is 115 Å². The average Bonchev–Trinajstić information content (AvgIpc) is 2.15. The lowest BCUT2D eigenvalue weighted by Gasteiger charge is -2.05. The van der Waals surface area contributed by atoms with E-state index in [4.69, 9.17) is 30.0 Å². The Morgan fingerprint density at radius 3 is 1.56 bits per heavy atom. The van der Waals surface area contributed by atoms with Crippen LogP contribution in [-0.2, 0) is 9.59 Å². The standard InChI is InChI=1S/C8H10O2.2C2H4O2/c1-6-4-2-3-5-7(6)8(9)10;2*1-2(3)4/h2-5,8-10H,1H3;2*1H3,(H,3,4). The molecule has 0 unspecified atom stereocenters. The number of aliphatic hydroxyl groups is 2. The monoisotopic (exact) mass is 258 g/mol. The Labute approximate surface area is 105 Å². The Kier molecular flexibility index (Phi) is 10.5. The third-order valence-corrected chi connectivity index (χ3v) is 1.47. The van der Waals surface area contributed by atoms with Crippen LogP contribution in [0.5, 0.6) is 0 Å². The molecule has 6 heteroatoms. The zero-order valence-electron chi connectivity index (χ0n) is 10.5. The molecule has 0 spiro atoms. The molecule has 0 aliphatic heterocycles. The zero-order chi connectivity index (χ0) is 14.7. The van der Waals surface area contributed by atoms with E-state index in [0.29, 0.717) is 5.56 Å². The van der Waals surface area contributed by atoms with E-state index in [1.54, 1.807) is 12.1 Å². The van der Waals surface area contributed by atoms with E-state index in [1.807, 2.05) is 19.1 Å². The van der Waals surface area contributed by atoms with Gasteiger partial charge < -0.3 is 20.4 Å². The quantitative estimate of drug-likeness (QED) is 0.562. The summed E-state index contributed by atoms with van der Waals surface area (Å²) in [4.78, 5) is 18.0. The molecule has 4 N–H and O–H groups in total. The van der Waals surface area contributed by atoms with Crippen molar-refractivity contribution in [3.05, 3.63) is 35.4 Å². The summed E-state index contributed by atoms with van der Waals surface area (Å²) < 4.78 is 0. The molecule has 0 aliphatic rings. The largest absolute Gasteiger partial charge is 0.481 e. The Morgan fingerprint density at radius 1 is 1.00 bits per heavy atom. The van der Waals surface area contributed by atoms with Gasteiger partial charge in [0, 0.05) is 19.4 Å². The van der Waals surface area contributed by atoms with Crippen LogP contribution in [0.2, 0.25) is 0 Å². The smallest absolute Gasteiger partial charge is 0.300 e. The van der Waals surface area contributed by atoms with E-state index in [1.165, 1.54) is 0 Å². The number of aliphatic hydroxyl groups excluding tert-OH is 1. The number of rotatable bonds is 1. The highest BCUT2D eigenvalue weighted by Gasteiger charge is 2.02. The first-order chi connectivity index (χ1) is 8.18. The number of hydrogen-bond donors (Lipinski definition) is 4. The molecule has 0 heterocycles. The van der Waals surface area contributed by atoms with Crippen molar-refractivity contribution in [3.8, 4) is 0 Å². The van der Waals surface area contributed by atoms with Gasteiger partial charge in [-0.2, -0.15) is 0 Å².